The van der Waals surface area contributed by atoms with Crippen molar-refractivity contribution < 1.29 is 9.53 Å². The summed E-state index contributed by atoms with van der Waals surface area (Å²) in [6.45, 7) is 4.05. The lowest BCUT2D eigenvalue weighted by atomic mass is 10.0. The predicted molar refractivity (Wildman–Crippen MR) is 107 cm³/mol. The first-order chi connectivity index (χ1) is 13.3. The molecule has 6 heteroatoms. The van der Waals surface area contributed by atoms with Gasteiger partial charge in [-0.05, 0) is 30.5 Å². The number of carbonyl (C=O) groups is 1. The van der Waals surface area contributed by atoms with Crippen molar-refractivity contribution in [1.29, 1.82) is 0 Å². The summed E-state index contributed by atoms with van der Waals surface area (Å²) >= 11 is 0. The number of anilines is 1. The highest BCUT2D eigenvalue weighted by atomic mass is 16.5. The minimum Gasteiger partial charge on any atom is -0.383 e. The van der Waals surface area contributed by atoms with Crippen molar-refractivity contribution in [2.24, 2.45) is 0 Å². The molecule has 1 amide bonds. The van der Waals surface area contributed by atoms with Gasteiger partial charge in [0.2, 0.25) is 0 Å². The SMILES string of the molecule is COCCNC(=O)c1cccnc1NC1CCN(Cc2ccccc2)CC1. The van der Waals surface area contributed by atoms with Crippen molar-refractivity contribution in [3.05, 3.63) is 59.8 Å². The van der Waals surface area contributed by atoms with Gasteiger partial charge < -0.3 is 15.4 Å². The van der Waals surface area contributed by atoms with Crippen LogP contribution in [0.25, 0.3) is 0 Å². The second-order valence-electron chi connectivity index (χ2n) is 6.83. The van der Waals surface area contributed by atoms with E-state index >= 15 is 0 Å². The largest absolute Gasteiger partial charge is 0.383 e. The lowest BCUT2D eigenvalue weighted by molar-refractivity contribution is 0.0937. The maximum absolute atomic E-state index is 12.4. The van der Waals surface area contributed by atoms with E-state index in [-0.39, 0.29) is 5.91 Å². The van der Waals surface area contributed by atoms with Gasteiger partial charge in [0.05, 0.1) is 12.2 Å². The van der Waals surface area contributed by atoms with E-state index in [1.54, 1.807) is 19.4 Å². The van der Waals surface area contributed by atoms with Gasteiger partial charge in [-0.25, -0.2) is 4.98 Å². The second kappa shape index (κ2) is 10.0. The van der Waals surface area contributed by atoms with Crippen molar-refractivity contribution in [2.75, 3.05) is 38.7 Å². The Morgan fingerprint density at radius 3 is 2.70 bits per heavy atom. The smallest absolute Gasteiger partial charge is 0.255 e. The topological polar surface area (TPSA) is 66.5 Å². The quantitative estimate of drug-likeness (QED) is 0.701. The van der Waals surface area contributed by atoms with Gasteiger partial charge in [-0.3, -0.25) is 9.69 Å². The number of methoxy groups -OCH3 is 1. The van der Waals surface area contributed by atoms with E-state index in [0.717, 1.165) is 32.5 Å². The highest BCUT2D eigenvalue weighted by Gasteiger charge is 2.21. The number of aromatic nitrogens is 1. The predicted octanol–water partition coefficient (Wildman–Crippen LogP) is 2.53. The molecule has 1 aromatic heterocycles. The summed E-state index contributed by atoms with van der Waals surface area (Å²) in [7, 11) is 1.62. The minimum absolute atomic E-state index is 0.121. The van der Waals surface area contributed by atoms with Crippen LogP contribution in [-0.2, 0) is 11.3 Å². The minimum atomic E-state index is -0.121. The number of nitrogens with one attached hydrogen (secondary N) is 2. The third kappa shape index (κ3) is 5.77. The molecule has 0 spiro atoms. The molecule has 1 aliphatic heterocycles. The molecule has 0 unspecified atom stereocenters. The molecule has 0 radical (unpaired) electrons. The number of carbonyl (C=O) groups excluding carboxylic acids is 1. The number of piperidine rings is 1. The molecule has 0 aliphatic carbocycles. The van der Waals surface area contributed by atoms with Crippen LogP contribution >= 0.6 is 0 Å². The third-order valence-electron chi connectivity index (χ3n) is 4.82. The van der Waals surface area contributed by atoms with E-state index in [2.05, 4.69) is 50.8 Å². The molecule has 2 aromatic rings. The lowest BCUT2D eigenvalue weighted by Crippen LogP contribution is -2.39. The van der Waals surface area contributed by atoms with Crippen LogP contribution in [0, 0.1) is 0 Å². The Bertz CT molecular complexity index is 715. The van der Waals surface area contributed by atoms with E-state index in [0.29, 0.717) is 30.6 Å². The first-order valence-corrected chi connectivity index (χ1v) is 9.51. The van der Waals surface area contributed by atoms with E-state index in [9.17, 15) is 4.79 Å². The van der Waals surface area contributed by atoms with Gasteiger partial charge in [-0.15, -0.1) is 0 Å². The maximum atomic E-state index is 12.4. The van der Waals surface area contributed by atoms with Crippen LogP contribution < -0.4 is 10.6 Å². The zero-order valence-electron chi connectivity index (χ0n) is 15.9. The number of amides is 1. The maximum Gasteiger partial charge on any atom is 0.255 e. The molecular formula is C21H28N4O2. The Hall–Kier alpha value is -2.44. The molecule has 2 N–H and O–H groups in total. The summed E-state index contributed by atoms with van der Waals surface area (Å²) < 4.78 is 4.98. The van der Waals surface area contributed by atoms with Gasteiger partial charge in [0.15, 0.2) is 0 Å². The Kier molecular flexibility index (Phi) is 7.19. The molecule has 1 fully saturated rings. The molecule has 0 saturated carbocycles. The molecule has 144 valence electrons. The van der Waals surface area contributed by atoms with Gasteiger partial charge in [0.1, 0.15) is 5.82 Å². The average Bonchev–Trinajstić information content (AvgIpc) is 2.71. The fraction of sp³-hybridized carbons (Fsp3) is 0.429. The number of pyridine rings is 1. The molecule has 1 aliphatic rings. The molecule has 2 heterocycles. The van der Waals surface area contributed by atoms with Gasteiger partial charge in [0, 0.05) is 45.5 Å². The zero-order chi connectivity index (χ0) is 18.9. The molecule has 1 aromatic carbocycles. The first-order valence-electron chi connectivity index (χ1n) is 9.51. The van der Waals surface area contributed by atoms with Crippen molar-refractivity contribution in [3.63, 3.8) is 0 Å². The number of likely N-dealkylation sites (tertiary alicyclic amines) is 1. The molecule has 0 atom stereocenters. The van der Waals surface area contributed by atoms with Gasteiger partial charge in [-0.1, -0.05) is 30.3 Å². The van der Waals surface area contributed by atoms with Crippen LogP contribution in [0.3, 0.4) is 0 Å². The molecule has 1 saturated heterocycles. The highest BCUT2D eigenvalue weighted by Crippen LogP contribution is 2.19. The zero-order valence-corrected chi connectivity index (χ0v) is 15.9. The van der Waals surface area contributed by atoms with Crippen LogP contribution in [0.2, 0.25) is 0 Å². The van der Waals surface area contributed by atoms with E-state index in [1.807, 2.05) is 6.07 Å². The number of hydrogen-bond acceptors (Lipinski definition) is 5. The average molecular weight is 368 g/mol. The molecule has 3 rings (SSSR count). The fourth-order valence-corrected chi connectivity index (χ4v) is 3.34. The third-order valence-corrected chi connectivity index (χ3v) is 4.82. The number of benzene rings is 1. The highest BCUT2D eigenvalue weighted by molar-refractivity contribution is 5.98. The van der Waals surface area contributed by atoms with Crippen LogP contribution in [0.15, 0.2) is 48.7 Å². The van der Waals surface area contributed by atoms with Crippen molar-refractivity contribution in [3.8, 4) is 0 Å². The summed E-state index contributed by atoms with van der Waals surface area (Å²) in [5.41, 5.74) is 1.93. The number of hydrogen-bond donors (Lipinski definition) is 2. The van der Waals surface area contributed by atoms with Crippen molar-refractivity contribution in [1.82, 2.24) is 15.2 Å². The van der Waals surface area contributed by atoms with Crippen LogP contribution in [0.4, 0.5) is 5.82 Å². The monoisotopic (exact) mass is 368 g/mol. The van der Waals surface area contributed by atoms with Crippen LogP contribution in [0.1, 0.15) is 28.8 Å². The Morgan fingerprint density at radius 2 is 1.96 bits per heavy atom. The standard InChI is InChI=1S/C21H28N4O2/c1-27-15-12-23-21(26)19-8-5-11-22-20(19)24-18-9-13-25(14-10-18)16-17-6-3-2-4-7-17/h2-8,11,18H,9-10,12-16H2,1H3,(H,22,24)(H,23,26). The number of rotatable bonds is 8. The number of nitrogens with zero attached hydrogens (tertiary/aromatic N) is 2. The molecule has 27 heavy (non-hydrogen) atoms. The van der Waals surface area contributed by atoms with Gasteiger partial charge in [0.25, 0.3) is 5.91 Å². The first kappa shape index (κ1) is 19.3. The Morgan fingerprint density at radius 1 is 1.19 bits per heavy atom. The second-order valence-corrected chi connectivity index (χ2v) is 6.83. The van der Waals surface area contributed by atoms with E-state index in [1.165, 1.54) is 5.56 Å². The summed E-state index contributed by atoms with van der Waals surface area (Å²) in [6, 6.07) is 14.5. The summed E-state index contributed by atoms with van der Waals surface area (Å²) in [4.78, 5) is 19.3. The summed E-state index contributed by atoms with van der Waals surface area (Å²) in [5, 5.41) is 6.34. The van der Waals surface area contributed by atoms with Crippen molar-refractivity contribution >= 4 is 11.7 Å². The molecule has 0 bridgehead atoms. The van der Waals surface area contributed by atoms with Gasteiger partial charge >= 0.3 is 0 Å². The van der Waals surface area contributed by atoms with Crippen LogP contribution in [0.5, 0.6) is 0 Å². The number of ether oxygens (including phenoxy) is 1. The Balaban J connectivity index is 1.52. The molecular weight excluding hydrogens is 340 g/mol. The van der Waals surface area contributed by atoms with Gasteiger partial charge in [-0.2, -0.15) is 0 Å². The van der Waals surface area contributed by atoms with E-state index in [4.69, 9.17) is 4.74 Å². The Labute approximate surface area is 160 Å². The lowest BCUT2D eigenvalue weighted by Gasteiger charge is -2.32. The fourth-order valence-electron chi connectivity index (χ4n) is 3.34. The van der Waals surface area contributed by atoms with Crippen LogP contribution in [-0.4, -0.2) is 55.2 Å². The normalized spacial score (nSPS) is 15.4. The van der Waals surface area contributed by atoms with Crippen molar-refractivity contribution in [2.45, 2.75) is 25.4 Å². The summed E-state index contributed by atoms with van der Waals surface area (Å²) in [5.74, 6) is 0.540. The molecule has 6 nitrogen and oxygen atoms in total. The van der Waals surface area contributed by atoms with E-state index < -0.39 is 0 Å². The summed E-state index contributed by atoms with van der Waals surface area (Å²) in [6.07, 6.45) is 3.79.